The van der Waals surface area contributed by atoms with Gasteiger partial charge < -0.3 is 4.74 Å². The normalized spacial score (nSPS) is 11.9. The Labute approximate surface area is 172 Å². The molecule has 0 spiro atoms. The van der Waals surface area contributed by atoms with Crippen LogP contribution in [-0.2, 0) is 14.8 Å². The van der Waals surface area contributed by atoms with Crippen LogP contribution in [0.1, 0.15) is 59.9 Å². The molecular weight excluding hydrogens is 390 g/mol. The highest BCUT2D eigenvalue weighted by Gasteiger charge is 2.24. The minimum Gasteiger partial charge on any atom is -0.454 e. The maximum atomic E-state index is 12.6. The van der Waals surface area contributed by atoms with Crippen LogP contribution in [0.2, 0.25) is 0 Å². The average Bonchev–Trinajstić information content (AvgIpc) is 2.71. The molecular formula is C22H27NO5S. The lowest BCUT2D eigenvalue weighted by atomic mass is 10.0. The lowest BCUT2D eigenvalue weighted by Crippen LogP contribution is -2.33. The molecule has 2 rings (SSSR count). The van der Waals surface area contributed by atoms with E-state index >= 15 is 0 Å². The monoisotopic (exact) mass is 417 g/mol. The second kappa shape index (κ2) is 9.33. The highest BCUT2D eigenvalue weighted by molar-refractivity contribution is 7.89. The Hall–Kier alpha value is -2.51. The number of ether oxygens (including phenoxy) is 1. The Kier molecular flexibility index (Phi) is 7.32. The van der Waals surface area contributed by atoms with Gasteiger partial charge in [-0.3, -0.25) is 4.79 Å². The molecule has 0 bridgehead atoms. The summed E-state index contributed by atoms with van der Waals surface area (Å²) in [6.45, 7) is 7.23. The molecule has 0 saturated carbocycles. The largest absolute Gasteiger partial charge is 0.454 e. The van der Waals surface area contributed by atoms with Crippen LogP contribution in [0, 0.1) is 0 Å². The van der Waals surface area contributed by atoms with Crippen LogP contribution in [0.25, 0.3) is 0 Å². The molecule has 0 aliphatic heterocycles. The highest BCUT2D eigenvalue weighted by atomic mass is 32.2. The first kappa shape index (κ1) is 22.8. The van der Waals surface area contributed by atoms with E-state index in [4.69, 9.17) is 4.74 Å². The number of esters is 1. The Morgan fingerprint density at radius 3 is 2.14 bits per heavy atom. The number of carbonyl (C=O) groups excluding carboxylic acids is 2. The summed E-state index contributed by atoms with van der Waals surface area (Å²) in [5.41, 5.74) is 1.64. The van der Waals surface area contributed by atoms with Crippen molar-refractivity contribution in [3.05, 3.63) is 65.2 Å². The van der Waals surface area contributed by atoms with E-state index in [0.717, 1.165) is 5.56 Å². The second-order valence-corrected chi connectivity index (χ2v) is 9.42. The summed E-state index contributed by atoms with van der Waals surface area (Å²) < 4.78 is 31.5. The molecule has 2 aromatic carbocycles. The van der Waals surface area contributed by atoms with Crippen molar-refractivity contribution in [2.45, 2.75) is 44.6 Å². The van der Waals surface area contributed by atoms with Crippen molar-refractivity contribution in [2.75, 3.05) is 13.7 Å². The van der Waals surface area contributed by atoms with E-state index in [1.807, 2.05) is 12.1 Å². The third-order valence-corrected chi connectivity index (χ3v) is 6.74. The molecule has 0 N–H and O–H groups in total. The number of carbonyl (C=O) groups is 2. The molecule has 2 aromatic rings. The van der Waals surface area contributed by atoms with E-state index in [9.17, 15) is 18.0 Å². The molecule has 0 saturated heterocycles. The van der Waals surface area contributed by atoms with E-state index < -0.39 is 22.6 Å². The lowest BCUT2D eigenvalue weighted by Gasteiger charge is -2.21. The molecule has 29 heavy (non-hydrogen) atoms. The quantitative estimate of drug-likeness (QED) is 0.481. The van der Waals surface area contributed by atoms with Gasteiger partial charge in [0.15, 0.2) is 12.4 Å². The van der Waals surface area contributed by atoms with E-state index in [1.54, 1.807) is 26.0 Å². The molecule has 0 heterocycles. The molecule has 0 aromatic heterocycles. The van der Waals surface area contributed by atoms with Gasteiger partial charge in [0.05, 0.1) is 10.5 Å². The van der Waals surface area contributed by atoms with E-state index in [1.165, 1.54) is 35.6 Å². The molecule has 0 aliphatic carbocycles. The highest BCUT2D eigenvalue weighted by Crippen LogP contribution is 2.19. The van der Waals surface area contributed by atoms with Gasteiger partial charge in [-0.05, 0) is 43.5 Å². The lowest BCUT2D eigenvalue weighted by molar-refractivity contribution is 0.0474. The maximum Gasteiger partial charge on any atom is 0.338 e. The van der Waals surface area contributed by atoms with Gasteiger partial charge >= 0.3 is 5.97 Å². The fraction of sp³-hybridized carbons (Fsp3) is 0.364. The Balaban J connectivity index is 2.09. The molecule has 0 radical (unpaired) electrons. The van der Waals surface area contributed by atoms with Crippen LogP contribution >= 0.6 is 0 Å². The van der Waals surface area contributed by atoms with Crippen molar-refractivity contribution in [3.8, 4) is 0 Å². The summed E-state index contributed by atoms with van der Waals surface area (Å²) in [5.74, 6) is -0.714. The number of rotatable bonds is 8. The minimum absolute atomic E-state index is 0.00116. The van der Waals surface area contributed by atoms with Crippen LogP contribution in [0.3, 0.4) is 0 Å². The summed E-state index contributed by atoms with van der Waals surface area (Å²) in [7, 11) is -2.24. The molecule has 0 aliphatic rings. The third kappa shape index (κ3) is 5.52. The zero-order chi connectivity index (χ0) is 21.8. The first-order valence-corrected chi connectivity index (χ1v) is 10.9. The predicted molar refractivity (Wildman–Crippen MR) is 112 cm³/mol. The fourth-order valence-corrected chi connectivity index (χ4v) is 3.99. The molecule has 7 heteroatoms. The summed E-state index contributed by atoms with van der Waals surface area (Å²) in [6.07, 6.45) is 0. The van der Waals surface area contributed by atoms with Gasteiger partial charge in [-0.15, -0.1) is 0 Å². The van der Waals surface area contributed by atoms with Crippen molar-refractivity contribution in [1.82, 2.24) is 4.31 Å². The predicted octanol–water partition coefficient (Wildman–Crippen LogP) is 3.88. The zero-order valence-electron chi connectivity index (χ0n) is 17.4. The number of ketones is 1. The smallest absolute Gasteiger partial charge is 0.338 e. The summed E-state index contributed by atoms with van der Waals surface area (Å²) >= 11 is 0. The SMILES string of the molecule is CC(C)c1ccc(C(=O)COC(=O)c2cccc(S(=O)(=O)N(C)C(C)C)c2)cc1. The average molecular weight is 418 g/mol. The summed E-state index contributed by atoms with van der Waals surface area (Å²) in [4.78, 5) is 24.6. The first-order valence-electron chi connectivity index (χ1n) is 9.42. The van der Waals surface area contributed by atoms with Crippen LogP contribution in [0.5, 0.6) is 0 Å². The Bertz CT molecular complexity index is 979. The van der Waals surface area contributed by atoms with Gasteiger partial charge in [0, 0.05) is 18.7 Å². The minimum atomic E-state index is -3.72. The van der Waals surface area contributed by atoms with Crippen LogP contribution in [0.15, 0.2) is 53.4 Å². The second-order valence-electron chi connectivity index (χ2n) is 7.42. The molecule has 0 unspecified atom stereocenters. The number of hydrogen-bond donors (Lipinski definition) is 0. The van der Waals surface area contributed by atoms with Crippen molar-refractivity contribution in [1.29, 1.82) is 0 Å². The Morgan fingerprint density at radius 1 is 0.966 bits per heavy atom. The van der Waals surface area contributed by atoms with Crippen LogP contribution in [-0.4, -0.2) is 44.2 Å². The third-order valence-electron chi connectivity index (χ3n) is 4.71. The van der Waals surface area contributed by atoms with Gasteiger partial charge in [-0.25, -0.2) is 13.2 Å². The fourth-order valence-electron chi connectivity index (χ4n) is 2.58. The standard InChI is InChI=1S/C22H27NO5S/c1-15(2)17-9-11-18(12-10-17)21(24)14-28-22(25)19-7-6-8-20(13-19)29(26,27)23(5)16(3)4/h6-13,15-16H,14H2,1-5H3. The van der Waals surface area contributed by atoms with Crippen LogP contribution < -0.4 is 0 Å². The number of nitrogens with zero attached hydrogens (tertiary/aromatic N) is 1. The first-order chi connectivity index (χ1) is 13.5. The maximum absolute atomic E-state index is 12.6. The molecule has 0 fully saturated rings. The molecule has 156 valence electrons. The van der Waals surface area contributed by atoms with Crippen LogP contribution in [0.4, 0.5) is 0 Å². The Morgan fingerprint density at radius 2 is 1.59 bits per heavy atom. The van der Waals surface area contributed by atoms with E-state index in [0.29, 0.717) is 11.5 Å². The topological polar surface area (TPSA) is 80.8 Å². The van der Waals surface area contributed by atoms with Gasteiger partial charge in [-0.1, -0.05) is 44.2 Å². The van der Waals surface area contributed by atoms with Gasteiger partial charge in [0.2, 0.25) is 10.0 Å². The number of sulfonamides is 1. The summed E-state index contributed by atoms with van der Waals surface area (Å²) in [6, 6.07) is 12.6. The molecule has 0 amide bonds. The number of hydrogen-bond acceptors (Lipinski definition) is 5. The van der Waals surface area contributed by atoms with Gasteiger partial charge in [-0.2, -0.15) is 4.31 Å². The van der Waals surface area contributed by atoms with E-state index in [2.05, 4.69) is 13.8 Å². The van der Waals surface area contributed by atoms with Crippen molar-refractivity contribution < 1.29 is 22.7 Å². The van der Waals surface area contributed by atoms with Crippen molar-refractivity contribution in [2.24, 2.45) is 0 Å². The summed E-state index contributed by atoms with van der Waals surface area (Å²) in [5, 5.41) is 0. The zero-order valence-corrected chi connectivity index (χ0v) is 18.2. The molecule has 6 nitrogen and oxygen atoms in total. The van der Waals surface area contributed by atoms with E-state index in [-0.39, 0.29) is 22.3 Å². The van der Waals surface area contributed by atoms with Crippen molar-refractivity contribution in [3.63, 3.8) is 0 Å². The molecule has 0 atom stereocenters. The number of Topliss-reactive ketones (excluding diaryl/α,β-unsaturated/α-hetero) is 1. The van der Waals surface area contributed by atoms with Gasteiger partial charge in [0.25, 0.3) is 0 Å². The van der Waals surface area contributed by atoms with Gasteiger partial charge in [0.1, 0.15) is 0 Å². The van der Waals surface area contributed by atoms with Crippen molar-refractivity contribution >= 4 is 21.8 Å². The number of benzene rings is 2.